The van der Waals surface area contributed by atoms with Crippen molar-refractivity contribution in [2.24, 2.45) is 0 Å². The molecular formula is C16H17ClO5S. The zero-order chi connectivity index (χ0) is 17.4. The first-order valence-corrected chi connectivity index (χ1v) is 9.52. The van der Waals surface area contributed by atoms with Crippen LogP contribution in [0.15, 0.2) is 34.4 Å². The van der Waals surface area contributed by atoms with Gasteiger partial charge in [0, 0.05) is 29.4 Å². The molecule has 0 heterocycles. The summed E-state index contributed by atoms with van der Waals surface area (Å²) >= 11 is 0. The predicted octanol–water partition coefficient (Wildman–Crippen LogP) is 3.16. The van der Waals surface area contributed by atoms with Gasteiger partial charge in [0.15, 0.2) is 11.6 Å². The van der Waals surface area contributed by atoms with Crippen LogP contribution in [0.1, 0.15) is 43.2 Å². The van der Waals surface area contributed by atoms with Gasteiger partial charge in [0.2, 0.25) is 0 Å². The molecule has 7 heteroatoms. The molecule has 1 aliphatic rings. The third-order valence-electron chi connectivity index (χ3n) is 4.00. The number of ketones is 2. The maximum absolute atomic E-state index is 11.9. The lowest BCUT2D eigenvalue weighted by molar-refractivity contribution is -0.122. The van der Waals surface area contributed by atoms with Crippen LogP contribution in [0.2, 0.25) is 0 Å². The molecule has 2 rings (SSSR count). The van der Waals surface area contributed by atoms with Crippen LogP contribution in [0.5, 0.6) is 0 Å². The number of allylic oxidation sites excluding steroid dienone is 2. The topological polar surface area (TPSA) is 88.5 Å². The van der Waals surface area contributed by atoms with E-state index < -0.39 is 20.8 Å². The van der Waals surface area contributed by atoms with Gasteiger partial charge in [-0.05, 0) is 30.5 Å². The Kier molecular flexibility index (Phi) is 4.96. The van der Waals surface area contributed by atoms with Crippen molar-refractivity contribution in [2.45, 2.75) is 43.9 Å². The number of carbonyl (C=O) groups excluding carboxylic acids is 2. The van der Waals surface area contributed by atoms with Crippen molar-refractivity contribution < 1.29 is 23.1 Å². The van der Waals surface area contributed by atoms with E-state index in [1.54, 1.807) is 26.0 Å². The molecule has 0 aliphatic heterocycles. The highest BCUT2D eigenvalue weighted by Crippen LogP contribution is 2.37. The number of carbonyl (C=O) groups is 2. The Bertz CT molecular complexity index is 808. The fourth-order valence-electron chi connectivity index (χ4n) is 2.75. The second-order valence-electron chi connectivity index (χ2n) is 5.51. The molecule has 0 bridgehead atoms. The van der Waals surface area contributed by atoms with Crippen molar-refractivity contribution in [3.05, 3.63) is 40.7 Å². The van der Waals surface area contributed by atoms with Crippen LogP contribution in [0.25, 0.3) is 0 Å². The highest BCUT2D eigenvalue weighted by Gasteiger charge is 2.33. The minimum atomic E-state index is -3.92. The summed E-state index contributed by atoms with van der Waals surface area (Å²) in [6.45, 7) is 3.23. The molecule has 0 amide bonds. The third kappa shape index (κ3) is 3.48. The smallest absolute Gasteiger partial charge is 0.261 e. The number of aliphatic hydroxyl groups excluding tert-OH is 1. The number of benzene rings is 1. The minimum Gasteiger partial charge on any atom is -0.511 e. The molecular weight excluding hydrogens is 340 g/mol. The number of hydrogen-bond donors (Lipinski definition) is 1. The summed E-state index contributed by atoms with van der Waals surface area (Å²) in [6, 6.07) is 4.66. The molecule has 1 aromatic carbocycles. The molecule has 124 valence electrons. The molecule has 0 saturated heterocycles. The highest BCUT2D eigenvalue weighted by atomic mass is 35.7. The maximum Gasteiger partial charge on any atom is 0.261 e. The number of Topliss-reactive ketones (excluding diaryl/α,β-unsaturated/α-hetero) is 2. The molecule has 1 N–H and O–H groups in total. The second kappa shape index (κ2) is 6.45. The Morgan fingerprint density at radius 3 is 2.61 bits per heavy atom. The zero-order valence-corrected chi connectivity index (χ0v) is 14.4. The minimum absolute atomic E-state index is 0.0373. The average Bonchev–Trinajstić information content (AvgIpc) is 2.47. The van der Waals surface area contributed by atoms with Crippen LogP contribution in [0, 0.1) is 6.92 Å². The number of hydrogen-bond acceptors (Lipinski definition) is 5. The molecule has 1 aliphatic carbocycles. The SMILES string of the molecule is CCC(=O)C1=C(O)C(c2ccc(C)c(S(=O)(=O)Cl)c2)CCC1=O. The molecule has 1 unspecified atom stereocenters. The standard InChI is InChI=1S/C16H17ClO5S/c1-3-12(18)15-13(19)7-6-11(16(15)20)10-5-4-9(2)14(8-10)23(17,21)22/h4-5,8,11,20H,3,6-7H2,1-2H3. The van der Waals surface area contributed by atoms with Gasteiger partial charge in [-0.3, -0.25) is 9.59 Å². The average molecular weight is 357 g/mol. The van der Waals surface area contributed by atoms with E-state index in [9.17, 15) is 23.1 Å². The van der Waals surface area contributed by atoms with E-state index in [1.807, 2.05) is 0 Å². The Hall–Kier alpha value is -1.66. The lowest BCUT2D eigenvalue weighted by Gasteiger charge is -2.24. The van der Waals surface area contributed by atoms with Gasteiger partial charge in [-0.15, -0.1) is 0 Å². The normalized spacial score (nSPS) is 19.1. The van der Waals surface area contributed by atoms with E-state index in [0.29, 0.717) is 17.5 Å². The van der Waals surface area contributed by atoms with Crippen LogP contribution in [0.4, 0.5) is 0 Å². The zero-order valence-electron chi connectivity index (χ0n) is 12.8. The summed E-state index contributed by atoms with van der Waals surface area (Å²) in [5.74, 6) is -1.65. The summed E-state index contributed by atoms with van der Waals surface area (Å²) in [7, 11) is 1.51. The van der Waals surface area contributed by atoms with Gasteiger partial charge >= 0.3 is 0 Å². The monoisotopic (exact) mass is 356 g/mol. The lowest BCUT2D eigenvalue weighted by Crippen LogP contribution is -2.23. The van der Waals surface area contributed by atoms with E-state index in [1.165, 1.54) is 6.07 Å². The maximum atomic E-state index is 11.9. The van der Waals surface area contributed by atoms with Gasteiger partial charge in [-0.1, -0.05) is 19.1 Å². The Morgan fingerprint density at radius 1 is 1.39 bits per heavy atom. The van der Waals surface area contributed by atoms with Gasteiger partial charge in [0.25, 0.3) is 9.05 Å². The largest absolute Gasteiger partial charge is 0.511 e. The molecule has 1 atom stereocenters. The summed E-state index contributed by atoms with van der Waals surface area (Å²) in [5, 5.41) is 10.4. The third-order valence-corrected chi connectivity index (χ3v) is 5.47. The Labute approximate surface area is 139 Å². The molecule has 0 fully saturated rings. The fourth-order valence-corrected chi connectivity index (χ4v) is 3.98. The van der Waals surface area contributed by atoms with Gasteiger partial charge in [0.1, 0.15) is 5.76 Å². The van der Waals surface area contributed by atoms with E-state index in [-0.39, 0.29) is 34.9 Å². The molecule has 0 aromatic heterocycles. The number of halogens is 1. The van der Waals surface area contributed by atoms with Crippen LogP contribution in [0.3, 0.4) is 0 Å². The van der Waals surface area contributed by atoms with Crippen molar-refractivity contribution >= 4 is 31.3 Å². The van der Waals surface area contributed by atoms with Crippen molar-refractivity contribution in [3.63, 3.8) is 0 Å². The molecule has 0 saturated carbocycles. The van der Waals surface area contributed by atoms with Crippen molar-refractivity contribution in [3.8, 4) is 0 Å². The summed E-state index contributed by atoms with van der Waals surface area (Å²) in [5.41, 5.74) is 0.838. The van der Waals surface area contributed by atoms with E-state index in [4.69, 9.17) is 10.7 Å². The van der Waals surface area contributed by atoms with Crippen LogP contribution < -0.4 is 0 Å². The van der Waals surface area contributed by atoms with Gasteiger partial charge < -0.3 is 5.11 Å². The lowest BCUT2D eigenvalue weighted by atomic mass is 9.81. The molecule has 0 radical (unpaired) electrons. The Balaban J connectivity index is 2.57. The quantitative estimate of drug-likeness (QED) is 0.661. The van der Waals surface area contributed by atoms with E-state index >= 15 is 0 Å². The number of aliphatic hydroxyl groups is 1. The number of rotatable bonds is 4. The Morgan fingerprint density at radius 2 is 2.04 bits per heavy atom. The summed E-state index contributed by atoms with van der Waals surface area (Å²) < 4.78 is 23.2. The van der Waals surface area contributed by atoms with E-state index in [2.05, 4.69) is 0 Å². The summed E-state index contributed by atoms with van der Waals surface area (Å²) in [6.07, 6.45) is 0.565. The van der Waals surface area contributed by atoms with Crippen LogP contribution >= 0.6 is 10.7 Å². The first-order chi connectivity index (χ1) is 10.7. The van der Waals surface area contributed by atoms with Gasteiger partial charge in [-0.2, -0.15) is 0 Å². The van der Waals surface area contributed by atoms with Gasteiger partial charge in [-0.25, -0.2) is 8.42 Å². The second-order valence-corrected chi connectivity index (χ2v) is 8.05. The first kappa shape index (κ1) is 17.7. The predicted molar refractivity (Wildman–Crippen MR) is 86.2 cm³/mol. The van der Waals surface area contributed by atoms with Crippen molar-refractivity contribution in [1.29, 1.82) is 0 Å². The molecule has 1 aromatic rings. The van der Waals surface area contributed by atoms with Gasteiger partial charge in [0.05, 0.1) is 10.5 Å². The molecule has 5 nitrogen and oxygen atoms in total. The molecule has 0 spiro atoms. The fraction of sp³-hybridized carbons (Fsp3) is 0.375. The molecule has 23 heavy (non-hydrogen) atoms. The number of aryl methyl sites for hydroxylation is 1. The van der Waals surface area contributed by atoms with Crippen molar-refractivity contribution in [1.82, 2.24) is 0 Å². The van der Waals surface area contributed by atoms with Crippen LogP contribution in [-0.2, 0) is 18.6 Å². The summed E-state index contributed by atoms with van der Waals surface area (Å²) in [4.78, 5) is 23.8. The van der Waals surface area contributed by atoms with Crippen LogP contribution in [-0.4, -0.2) is 25.1 Å². The highest BCUT2D eigenvalue weighted by molar-refractivity contribution is 8.13. The van der Waals surface area contributed by atoms with Crippen molar-refractivity contribution in [2.75, 3.05) is 0 Å². The van der Waals surface area contributed by atoms with E-state index in [0.717, 1.165) is 0 Å². The first-order valence-electron chi connectivity index (χ1n) is 7.21.